The number of hydrogen-bond acceptors (Lipinski definition) is 20. The third-order valence-corrected chi connectivity index (χ3v) is 26.8. The molecular formula is C74H97F2N7O20S3. The molecule has 10 atom stereocenters. The molecule has 0 spiro atoms. The number of carbonyl (C=O) groups is 10. The molecule has 2 aromatic carbocycles. The molecule has 6 aliphatic heterocycles. The largest absolute Gasteiger partial charge is 0.444 e. The summed E-state index contributed by atoms with van der Waals surface area (Å²) in [4.78, 5) is 143. The number of sulfone groups is 2. The van der Waals surface area contributed by atoms with Crippen LogP contribution in [0.25, 0.3) is 0 Å². The van der Waals surface area contributed by atoms with Crippen molar-refractivity contribution in [1.29, 1.82) is 0 Å². The first kappa shape index (κ1) is 79.2. The Bertz CT molecular complexity index is 4250. The van der Waals surface area contributed by atoms with Gasteiger partial charge in [0.05, 0.1) is 49.0 Å². The van der Waals surface area contributed by atoms with Crippen LogP contribution in [0.3, 0.4) is 0 Å². The van der Waals surface area contributed by atoms with Crippen LogP contribution in [0.15, 0.2) is 60.7 Å². The zero-order valence-electron chi connectivity index (χ0n) is 61.0. The minimum absolute atomic E-state index is 0.0176. The van der Waals surface area contributed by atoms with E-state index in [-0.39, 0.29) is 83.7 Å². The molecule has 2 N–H and O–H groups in total. The van der Waals surface area contributed by atoms with E-state index in [1.54, 1.807) is 65.8 Å². The molecule has 6 heterocycles. The number of ether oxygens (including phenoxy) is 4. The van der Waals surface area contributed by atoms with E-state index >= 15 is 0 Å². The van der Waals surface area contributed by atoms with Crippen LogP contribution >= 0.6 is 0 Å². The van der Waals surface area contributed by atoms with Gasteiger partial charge in [-0.15, -0.1) is 0 Å². The van der Waals surface area contributed by atoms with E-state index in [4.69, 9.17) is 18.9 Å². The van der Waals surface area contributed by atoms with Crippen molar-refractivity contribution in [2.45, 2.75) is 253 Å². The number of nitrogens with one attached hydrogen (secondary N) is 2. The van der Waals surface area contributed by atoms with E-state index in [0.717, 1.165) is 24.0 Å². The molecule has 0 unspecified atom stereocenters. The lowest BCUT2D eigenvalue weighted by molar-refractivity contribution is -0.142. The first-order valence-corrected chi connectivity index (χ1v) is 42.0. The molecule has 580 valence electrons. The molecule has 12 rings (SSSR count). The normalized spacial score (nSPS) is 28.6. The molecule has 7 amide bonds. The molecule has 32 heteroatoms. The van der Waals surface area contributed by atoms with Crippen molar-refractivity contribution >= 4 is 89.1 Å². The summed E-state index contributed by atoms with van der Waals surface area (Å²) in [6.45, 7) is 9.41. The Morgan fingerprint density at radius 2 is 1.10 bits per heavy atom. The lowest BCUT2D eigenvalue weighted by Crippen LogP contribution is -2.58. The van der Waals surface area contributed by atoms with Crippen LogP contribution in [-0.2, 0) is 104 Å². The molecule has 106 heavy (non-hydrogen) atoms. The summed E-state index contributed by atoms with van der Waals surface area (Å²) >= 11 is 0. The SMILES string of the molecule is CC(C)(C)OC(=O)N([C@H]1CCCCC/C=C\[C@@H]2C[C@@]2(C(=O)CS(=O)(=O)C2CC2)NC(=O)[C@@H]2C[C@@H](OC(=O)N3Cc4cccc(F)c4C3)CN2C1=O)S(C)(=O)=O.CC(C)(C)OC(=O)N[C@H]1CCCCC/C=C\[C@@H]2C[C@@]2(C(=O)CS(=O)(=O)C2CC2)CC(=O)[C@@H]2C[C@@H](OC(=O)N3Cc4cccc(F)c4C3)CN2C1=O. The van der Waals surface area contributed by atoms with Gasteiger partial charge in [0.2, 0.25) is 27.7 Å². The van der Waals surface area contributed by atoms with E-state index in [0.29, 0.717) is 97.2 Å². The molecule has 2 saturated heterocycles. The van der Waals surface area contributed by atoms with Crippen molar-refractivity contribution in [2.24, 2.45) is 17.3 Å². The van der Waals surface area contributed by atoms with Gasteiger partial charge in [-0.25, -0.2) is 53.2 Å². The summed E-state index contributed by atoms with van der Waals surface area (Å²) in [5.41, 5.74) is -2.69. The third kappa shape index (κ3) is 18.6. The third-order valence-electron chi connectivity index (χ3n) is 21.4. The van der Waals surface area contributed by atoms with E-state index in [9.17, 15) is 82.0 Å². The maximum atomic E-state index is 14.7. The molecule has 27 nitrogen and oxygen atoms in total. The van der Waals surface area contributed by atoms with Gasteiger partial charge >= 0.3 is 24.4 Å². The predicted octanol–water partition coefficient (Wildman–Crippen LogP) is 8.13. The summed E-state index contributed by atoms with van der Waals surface area (Å²) in [7, 11) is -11.8. The highest BCUT2D eigenvalue weighted by atomic mass is 32.2. The minimum Gasteiger partial charge on any atom is -0.444 e. The summed E-state index contributed by atoms with van der Waals surface area (Å²) in [6, 6.07) is 3.96. The molecule has 2 aromatic rings. The van der Waals surface area contributed by atoms with Crippen molar-refractivity contribution in [3.05, 3.63) is 94.6 Å². The summed E-state index contributed by atoms with van der Waals surface area (Å²) < 4.78 is 130. The van der Waals surface area contributed by atoms with Crippen LogP contribution in [0.5, 0.6) is 0 Å². The zero-order valence-corrected chi connectivity index (χ0v) is 63.5. The van der Waals surface area contributed by atoms with Crippen molar-refractivity contribution in [3.8, 4) is 0 Å². The molecular weight excluding hydrogens is 1440 g/mol. The van der Waals surface area contributed by atoms with Gasteiger partial charge < -0.3 is 39.4 Å². The van der Waals surface area contributed by atoms with Gasteiger partial charge in [-0.05, 0) is 148 Å². The zero-order chi connectivity index (χ0) is 76.8. The summed E-state index contributed by atoms with van der Waals surface area (Å²) in [5, 5.41) is 4.35. The van der Waals surface area contributed by atoms with Crippen molar-refractivity contribution < 1.29 is 101 Å². The molecule has 0 aromatic heterocycles. The lowest BCUT2D eigenvalue weighted by Gasteiger charge is -2.35. The van der Waals surface area contributed by atoms with Crippen LogP contribution in [0, 0.1) is 28.9 Å². The van der Waals surface area contributed by atoms with Gasteiger partial charge in [0, 0.05) is 54.8 Å². The smallest absolute Gasteiger partial charge is 0.424 e. The fourth-order valence-corrected chi connectivity index (χ4v) is 19.7. The number of rotatable bonds is 13. The average Bonchev–Trinajstić information content (AvgIpc) is 1.57. The Hall–Kier alpha value is -7.87. The lowest BCUT2D eigenvalue weighted by atomic mass is 9.88. The number of ketones is 3. The van der Waals surface area contributed by atoms with E-state index < -0.39 is 187 Å². The fourth-order valence-electron chi connectivity index (χ4n) is 15.3. The number of hydrogen-bond donors (Lipinski definition) is 2. The Morgan fingerprint density at radius 1 is 0.604 bits per heavy atom. The maximum absolute atomic E-state index is 14.7. The Kier molecular flexibility index (Phi) is 23.2. The molecule has 6 fully saturated rings. The van der Waals surface area contributed by atoms with Gasteiger partial charge in [-0.3, -0.25) is 38.6 Å². The Labute approximate surface area is 617 Å². The summed E-state index contributed by atoms with van der Waals surface area (Å²) in [5.74, 6) is -6.93. The van der Waals surface area contributed by atoms with E-state index in [2.05, 4.69) is 10.6 Å². The van der Waals surface area contributed by atoms with Gasteiger partial charge in [0.1, 0.15) is 70.2 Å². The van der Waals surface area contributed by atoms with E-state index in [1.165, 1.54) is 32.9 Å². The van der Waals surface area contributed by atoms with Crippen molar-refractivity contribution in [2.75, 3.05) is 30.9 Å². The minimum atomic E-state index is -4.44. The number of sulfonamides is 1. The molecule has 10 aliphatic rings. The Balaban J connectivity index is 0.000000212. The van der Waals surface area contributed by atoms with Crippen LogP contribution in [0.1, 0.15) is 186 Å². The number of allylic oxidation sites excluding steroid dienone is 3. The Morgan fingerprint density at radius 3 is 1.61 bits per heavy atom. The van der Waals surface area contributed by atoms with Crippen LogP contribution in [0.4, 0.5) is 28.0 Å². The highest BCUT2D eigenvalue weighted by Crippen LogP contribution is 2.58. The fraction of sp³-hybridized carbons (Fsp3) is 0.649. The number of Topliss-reactive ketones (excluding diaryl/α,β-unsaturated/α-hetero) is 3. The number of benzene rings is 2. The average molecular weight is 1540 g/mol. The first-order chi connectivity index (χ1) is 49.8. The second-order valence-corrected chi connectivity index (χ2v) is 38.5. The quantitative estimate of drug-likeness (QED) is 0.141. The number of fused-ring (bicyclic) bond motifs is 6. The summed E-state index contributed by atoms with van der Waals surface area (Å²) in [6.07, 6.45) is 9.65. The molecule has 4 aliphatic carbocycles. The van der Waals surface area contributed by atoms with Crippen molar-refractivity contribution in [1.82, 2.24) is 34.5 Å². The number of nitrogens with zero attached hydrogens (tertiary/aromatic N) is 5. The molecule has 4 saturated carbocycles. The van der Waals surface area contributed by atoms with Crippen LogP contribution < -0.4 is 10.6 Å². The highest BCUT2D eigenvalue weighted by molar-refractivity contribution is 7.93. The topological polar surface area (TPSA) is 350 Å². The number of carbonyl (C=O) groups excluding carboxylic acids is 10. The van der Waals surface area contributed by atoms with Gasteiger partial charge in [-0.1, -0.05) is 74.3 Å². The standard InChI is InChI=1S/C37H49FN4O11S2.C37H48FN3O9S/c1-36(2,3)53-35(47)42(54(4,48)49)29-14-9-7-5-6-8-12-24-18-37(24,31(43)22-55(50,51)26-15-16-26)39-32(44)30-17-25(20-41(30)33(29)45)52-34(46)40-19-23-11-10-13-28(38)27(23)21-40;1-36(2,3)50-34(45)39-29-13-8-6-4-5-7-11-24-17-37(24,32(43)22-51(47,48)26-14-15-26)18-31(42)30-16-25(20-41(30)33(29)44)49-35(46)40-19-23-10-9-12-28(38)27(23)21-40/h8,10-13,24-26,29-30H,5-7,9,14-22H2,1-4H3,(H,39,44);7,9-12,24-26,29-30H,4-6,8,13-22H2,1-3H3,(H,39,45)/b12-8-;11-7-/t2*24-,25-,29+,30+,37-/m11/s1. The van der Waals surface area contributed by atoms with Gasteiger partial charge in [0.15, 0.2) is 37.0 Å². The maximum Gasteiger partial charge on any atom is 0.424 e. The first-order valence-electron chi connectivity index (χ1n) is 36.7. The highest BCUT2D eigenvalue weighted by Gasteiger charge is 2.63. The van der Waals surface area contributed by atoms with Gasteiger partial charge in [-0.2, -0.15) is 4.31 Å². The molecule has 0 radical (unpaired) electrons. The van der Waals surface area contributed by atoms with Crippen LogP contribution in [0.2, 0.25) is 0 Å². The number of halogens is 2. The monoisotopic (exact) mass is 1540 g/mol. The molecule has 0 bridgehead atoms. The second-order valence-electron chi connectivity index (χ2n) is 32.1. The number of alkyl carbamates (subject to hydrolysis) is 1. The second kappa shape index (κ2) is 31.0. The van der Waals surface area contributed by atoms with Crippen molar-refractivity contribution in [3.63, 3.8) is 0 Å². The van der Waals surface area contributed by atoms with Gasteiger partial charge in [0.25, 0.3) is 0 Å². The number of amides is 7. The van der Waals surface area contributed by atoms with E-state index in [1.807, 2.05) is 18.2 Å². The predicted molar refractivity (Wildman–Crippen MR) is 379 cm³/mol. The van der Waals surface area contributed by atoms with Crippen LogP contribution in [-0.4, -0.2) is 203 Å².